The van der Waals surface area contributed by atoms with E-state index in [9.17, 15) is 8.42 Å². The maximum absolute atomic E-state index is 12.0. The third kappa shape index (κ3) is 3.54. The molecule has 1 saturated carbocycles. The quantitative estimate of drug-likeness (QED) is 0.615. The zero-order valence-electron chi connectivity index (χ0n) is 9.84. The Hall–Kier alpha value is -0.870. The highest BCUT2D eigenvalue weighted by Crippen LogP contribution is 2.23. The van der Waals surface area contributed by atoms with E-state index in [1.807, 2.05) is 0 Å². The van der Waals surface area contributed by atoms with Gasteiger partial charge >= 0.3 is 0 Å². The summed E-state index contributed by atoms with van der Waals surface area (Å²) in [5.74, 6) is 0. The Morgan fingerprint density at radius 1 is 0.941 bits per heavy atom. The summed E-state index contributed by atoms with van der Waals surface area (Å²) in [5, 5.41) is 0. The van der Waals surface area contributed by atoms with Crippen molar-refractivity contribution in [1.29, 1.82) is 0 Å². The number of rotatable bonds is 3. The van der Waals surface area contributed by atoms with Crippen molar-refractivity contribution >= 4 is 10.1 Å². The van der Waals surface area contributed by atoms with Crippen LogP contribution < -0.4 is 0 Å². The Kier molecular flexibility index (Phi) is 4.18. The standard InChI is InChI=1S/C13H18O3S/c14-17(15,13-10-6-3-7-11-13)16-12-8-4-1-2-5-9-12/h3,6-7,10-12H,1-2,4-5,8-9H2. The summed E-state index contributed by atoms with van der Waals surface area (Å²) >= 11 is 0. The lowest BCUT2D eigenvalue weighted by molar-refractivity contribution is 0.191. The first kappa shape index (κ1) is 12.6. The average molecular weight is 254 g/mol. The van der Waals surface area contributed by atoms with Gasteiger partial charge in [0.2, 0.25) is 0 Å². The van der Waals surface area contributed by atoms with E-state index in [0.717, 1.165) is 25.7 Å². The summed E-state index contributed by atoms with van der Waals surface area (Å²) < 4.78 is 29.3. The molecule has 0 aromatic heterocycles. The molecule has 3 nitrogen and oxygen atoms in total. The van der Waals surface area contributed by atoms with Crippen LogP contribution in [-0.4, -0.2) is 14.5 Å². The molecule has 1 aromatic rings. The molecule has 0 N–H and O–H groups in total. The molecule has 0 bridgehead atoms. The van der Waals surface area contributed by atoms with Crippen LogP contribution in [0.2, 0.25) is 0 Å². The van der Waals surface area contributed by atoms with Crippen LogP contribution in [0.1, 0.15) is 38.5 Å². The third-order valence-electron chi connectivity index (χ3n) is 3.10. The second-order valence-corrected chi connectivity index (χ2v) is 6.05. The van der Waals surface area contributed by atoms with Gasteiger partial charge in [-0.15, -0.1) is 0 Å². The number of hydrogen-bond donors (Lipinski definition) is 0. The first-order chi connectivity index (χ1) is 8.18. The van der Waals surface area contributed by atoms with Gasteiger partial charge in [-0.1, -0.05) is 43.9 Å². The lowest BCUT2D eigenvalue weighted by atomic mass is 10.2. The Morgan fingerprint density at radius 3 is 2.12 bits per heavy atom. The van der Waals surface area contributed by atoms with Gasteiger partial charge in [-0.2, -0.15) is 8.42 Å². The molecule has 17 heavy (non-hydrogen) atoms. The van der Waals surface area contributed by atoms with Gasteiger partial charge in [-0.25, -0.2) is 0 Å². The first-order valence-electron chi connectivity index (χ1n) is 6.17. The maximum Gasteiger partial charge on any atom is 0.297 e. The minimum absolute atomic E-state index is 0.136. The molecule has 0 unspecified atom stereocenters. The molecule has 4 heteroatoms. The second-order valence-electron chi connectivity index (χ2n) is 4.48. The van der Waals surface area contributed by atoms with Crippen LogP contribution in [0.25, 0.3) is 0 Å². The van der Waals surface area contributed by atoms with E-state index in [1.54, 1.807) is 30.3 Å². The SMILES string of the molecule is O=S(=O)(OC1CCCCCC1)c1ccccc1. The molecular weight excluding hydrogens is 236 g/mol. The molecule has 2 rings (SSSR count). The first-order valence-corrected chi connectivity index (χ1v) is 7.58. The van der Waals surface area contributed by atoms with E-state index >= 15 is 0 Å². The van der Waals surface area contributed by atoms with Gasteiger partial charge in [0.05, 0.1) is 11.0 Å². The summed E-state index contributed by atoms with van der Waals surface area (Å²) in [5.41, 5.74) is 0. The van der Waals surface area contributed by atoms with E-state index in [-0.39, 0.29) is 11.0 Å². The molecule has 1 aromatic carbocycles. The molecule has 0 aliphatic heterocycles. The fraction of sp³-hybridized carbons (Fsp3) is 0.538. The highest BCUT2D eigenvalue weighted by atomic mass is 32.2. The second kappa shape index (κ2) is 5.65. The largest absolute Gasteiger partial charge is 0.297 e. The van der Waals surface area contributed by atoms with Crippen molar-refractivity contribution in [2.75, 3.05) is 0 Å². The van der Waals surface area contributed by atoms with Crippen LogP contribution in [0.5, 0.6) is 0 Å². The van der Waals surface area contributed by atoms with E-state index < -0.39 is 10.1 Å². The highest BCUT2D eigenvalue weighted by Gasteiger charge is 2.22. The Labute approximate surface area is 103 Å². The average Bonchev–Trinajstić information content (AvgIpc) is 2.58. The molecule has 0 atom stereocenters. The molecule has 0 amide bonds. The van der Waals surface area contributed by atoms with Crippen LogP contribution in [0.15, 0.2) is 35.2 Å². The molecule has 0 radical (unpaired) electrons. The fourth-order valence-corrected chi connectivity index (χ4v) is 3.31. The molecular formula is C13H18O3S. The Bertz CT molecular complexity index is 431. The van der Waals surface area contributed by atoms with Gasteiger partial charge in [0, 0.05) is 0 Å². The molecule has 1 aliphatic rings. The molecule has 1 aliphatic carbocycles. The van der Waals surface area contributed by atoms with E-state index in [2.05, 4.69) is 0 Å². The van der Waals surface area contributed by atoms with Crippen molar-refractivity contribution in [1.82, 2.24) is 0 Å². The van der Waals surface area contributed by atoms with Gasteiger partial charge in [-0.05, 0) is 25.0 Å². The lowest BCUT2D eigenvalue weighted by Crippen LogP contribution is -2.17. The zero-order valence-corrected chi connectivity index (χ0v) is 10.7. The van der Waals surface area contributed by atoms with Gasteiger partial charge < -0.3 is 0 Å². The summed E-state index contributed by atoms with van der Waals surface area (Å²) in [6, 6.07) is 8.37. The smallest absolute Gasteiger partial charge is 0.263 e. The van der Waals surface area contributed by atoms with Gasteiger partial charge in [0.1, 0.15) is 0 Å². The van der Waals surface area contributed by atoms with Crippen molar-refractivity contribution in [3.63, 3.8) is 0 Å². The van der Waals surface area contributed by atoms with Gasteiger partial charge in [0.15, 0.2) is 0 Å². The van der Waals surface area contributed by atoms with Crippen molar-refractivity contribution in [3.8, 4) is 0 Å². The van der Waals surface area contributed by atoms with Crippen LogP contribution in [0, 0.1) is 0 Å². The Balaban J connectivity index is 2.06. The minimum Gasteiger partial charge on any atom is -0.263 e. The van der Waals surface area contributed by atoms with Crippen LogP contribution in [0.3, 0.4) is 0 Å². The zero-order chi connectivity index (χ0) is 12.1. The van der Waals surface area contributed by atoms with Crippen LogP contribution in [-0.2, 0) is 14.3 Å². The van der Waals surface area contributed by atoms with Gasteiger partial charge in [-0.3, -0.25) is 4.18 Å². The fourth-order valence-electron chi connectivity index (χ4n) is 2.16. The Morgan fingerprint density at radius 2 is 1.53 bits per heavy atom. The molecule has 0 saturated heterocycles. The summed E-state index contributed by atoms with van der Waals surface area (Å²) in [7, 11) is -3.58. The minimum atomic E-state index is -3.58. The van der Waals surface area contributed by atoms with Crippen LogP contribution >= 0.6 is 0 Å². The van der Waals surface area contributed by atoms with Crippen molar-refractivity contribution < 1.29 is 12.6 Å². The molecule has 94 valence electrons. The van der Waals surface area contributed by atoms with E-state index in [1.165, 1.54) is 12.8 Å². The summed E-state index contributed by atoms with van der Waals surface area (Å²) in [6.07, 6.45) is 6.07. The molecule has 0 heterocycles. The monoisotopic (exact) mass is 254 g/mol. The normalized spacial score (nSPS) is 18.8. The predicted octanol–water partition coefficient (Wildman–Crippen LogP) is 3.11. The topological polar surface area (TPSA) is 43.4 Å². The van der Waals surface area contributed by atoms with E-state index in [4.69, 9.17) is 4.18 Å². The van der Waals surface area contributed by atoms with Crippen molar-refractivity contribution in [3.05, 3.63) is 30.3 Å². The van der Waals surface area contributed by atoms with Gasteiger partial charge in [0.25, 0.3) is 10.1 Å². The summed E-state index contributed by atoms with van der Waals surface area (Å²) in [6.45, 7) is 0. The lowest BCUT2D eigenvalue weighted by Gasteiger charge is -2.14. The van der Waals surface area contributed by atoms with Crippen LogP contribution in [0.4, 0.5) is 0 Å². The number of hydrogen-bond acceptors (Lipinski definition) is 3. The highest BCUT2D eigenvalue weighted by molar-refractivity contribution is 7.86. The maximum atomic E-state index is 12.0. The third-order valence-corrected chi connectivity index (χ3v) is 4.47. The predicted molar refractivity (Wildman–Crippen MR) is 66.2 cm³/mol. The van der Waals surface area contributed by atoms with Crippen molar-refractivity contribution in [2.24, 2.45) is 0 Å². The van der Waals surface area contributed by atoms with E-state index in [0.29, 0.717) is 0 Å². The molecule has 1 fully saturated rings. The molecule has 0 spiro atoms. The number of benzene rings is 1. The van der Waals surface area contributed by atoms with Crippen molar-refractivity contribution in [2.45, 2.75) is 49.5 Å². The summed E-state index contributed by atoms with van der Waals surface area (Å²) in [4.78, 5) is 0.254.